The fraction of sp³-hybridized carbons (Fsp3) is 0.300. The molecule has 0 radical (unpaired) electrons. The van der Waals surface area contributed by atoms with Crippen molar-refractivity contribution in [2.24, 2.45) is 7.05 Å². The maximum absolute atomic E-state index is 12.5. The third-order valence-corrected chi connectivity index (χ3v) is 6.98. The summed E-state index contributed by atoms with van der Waals surface area (Å²) in [6, 6.07) is 6.90. The summed E-state index contributed by atoms with van der Waals surface area (Å²) in [4.78, 5) is 25.7. The van der Waals surface area contributed by atoms with Crippen molar-refractivity contribution in [2.45, 2.75) is 25.4 Å². The van der Waals surface area contributed by atoms with E-state index in [0.717, 1.165) is 11.3 Å². The van der Waals surface area contributed by atoms with Crippen molar-refractivity contribution in [3.05, 3.63) is 44.8 Å². The first-order valence-corrected chi connectivity index (χ1v) is 12.0. The van der Waals surface area contributed by atoms with Gasteiger partial charge in [0, 0.05) is 22.5 Å². The predicted octanol–water partition coefficient (Wildman–Crippen LogP) is 5.32. The first kappa shape index (κ1) is 23.6. The smallest absolute Gasteiger partial charge is 0.341 e. The summed E-state index contributed by atoms with van der Waals surface area (Å²) in [5.74, 6) is -0.0320. The van der Waals surface area contributed by atoms with Gasteiger partial charge in [-0.05, 0) is 37.6 Å². The van der Waals surface area contributed by atoms with E-state index >= 15 is 0 Å². The van der Waals surface area contributed by atoms with Gasteiger partial charge < -0.3 is 14.6 Å². The molecule has 0 aliphatic heterocycles. The summed E-state index contributed by atoms with van der Waals surface area (Å²) in [5, 5.41) is 13.2. The number of thiophene rings is 1. The average molecular weight is 499 g/mol. The highest BCUT2D eigenvalue weighted by Gasteiger charge is 2.20. The lowest BCUT2D eigenvalue weighted by atomic mass is 10.2. The zero-order valence-electron chi connectivity index (χ0n) is 17.1. The van der Waals surface area contributed by atoms with Crippen molar-refractivity contribution < 1.29 is 14.3 Å². The molecule has 0 aliphatic carbocycles. The zero-order valence-corrected chi connectivity index (χ0v) is 20.2. The summed E-state index contributed by atoms with van der Waals surface area (Å²) in [6.45, 7) is 4.00. The van der Waals surface area contributed by atoms with Crippen LogP contribution in [0, 0.1) is 0 Å². The van der Waals surface area contributed by atoms with Gasteiger partial charge in [0.15, 0.2) is 11.0 Å². The second-order valence-corrected chi connectivity index (χ2v) is 9.28. The molecule has 0 atom stereocenters. The summed E-state index contributed by atoms with van der Waals surface area (Å²) >= 11 is 14.8. The van der Waals surface area contributed by atoms with E-state index in [1.54, 1.807) is 42.8 Å². The van der Waals surface area contributed by atoms with Crippen LogP contribution in [0.25, 0.3) is 11.4 Å². The number of thioether (sulfide) groups is 1. The Hall–Kier alpha value is -2.07. The molecule has 31 heavy (non-hydrogen) atoms. The molecule has 1 amide bonds. The molecule has 0 unspecified atom stereocenters. The minimum atomic E-state index is -0.445. The number of rotatable bonds is 8. The number of esters is 1. The Morgan fingerprint density at radius 1 is 1.23 bits per heavy atom. The number of carbonyl (C=O) groups excluding carboxylic acids is 2. The maximum atomic E-state index is 12.5. The lowest BCUT2D eigenvalue weighted by molar-refractivity contribution is -0.113. The van der Waals surface area contributed by atoms with Gasteiger partial charge in [0.1, 0.15) is 5.00 Å². The van der Waals surface area contributed by atoms with E-state index in [9.17, 15) is 9.59 Å². The molecule has 0 aliphatic rings. The second kappa shape index (κ2) is 10.5. The molecule has 11 heteroatoms. The maximum Gasteiger partial charge on any atom is 0.341 e. The van der Waals surface area contributed by atoms with Gasteiger partial charge in [0.2, 0.25) is 5.91 Å². The van der Waals surface area contributed by atoms with Crippen LogP contribution in [-0.4, -0.2) is 39.0 Å². The Morgan fingerprint density at radius 3 is 2.68 bits per heavy atom. The van der Waals surface area contributed by atoms with E-state index in [0.29, 0.717) is 37.2 Å². The van der Waals surface area contributed by atoms with E-state index in [-0.39, 0.29) is 18.3 Å². The highest BCUT2D eigenvalue weighted by atomic mass is 35.5. The SMILES string of the molecule is CCOC(=O)c1cc(CC)sc1NC(=O)CSc1nnc(-c2ccc(Cl)cc2Cl)n1C. The number of aryl methyl sites for hydroxylation is 1. The van der Waals surface area contributed by atoms with Crippen molar-refractivity contribution in [2.75, 3.05) is 17.7 Å². The standard InChI is InChI=1S/C20H20Cl2N4O3S2/c1-4-12-9-14(19(28)29-5-2)18(31-12)23-16(27)10-30-20-25-24-17(26(20)3)13-7-6-11(21)8-15(13)22/h6-9H,4-5,10H2,1-3H3,(H,23,27). The van der Waals surface area contributed by atoms with E-state index in [2.05, 4.69) is 15.5 Å². The number of nitrogens with one attached hydrogen (secondary N) is 1. The van der Waals surface area contributed by atoms with Crippen LogP contribution in [0.4, 0.5) is 5.00 Å². The van der Waals surface area contributed by atoms with Crippen molar-refractivity contribution in [3.63, 3.8) is 0 Å². The first-order valence-electron chi connectivity index (χ1n) is 9.41. The molecule has 0 saturated heterocycles. The number of anilines is 1. The van der Waals surface area contributed by atoms with Gasteiger partial charge in [-0.2, -0.15) is 0 Å². The van der Waals surface area contributed by atoms with Crippen molar-refractivity contribution in [1.82, 2.24) is 14.8 Å². The molecule has 1 aromatic carbocycles. The predicted molar refractivity (Wildman–Crippen MR) is 125 cm³/mol. The number of ether oxygens (including phenoxy) is 1. The Balaban J connectivity index is 1.69. The molecule has 2 aromatic heterocycles. The van der Waals surface area contributed by atoms with Crippen molar-refractivity contribution in [3.8, 4) is 11.4 Å². The molecule has 7 nitrogen and oxygen atoms in total. The van der Waals surface area contributed by atoms with Crippen LogP contribution in [0.15, 0.2) is 29.4 Å². The number of hydrogen-bond donors (Lipinski definition) is 1. The molecular weight excluding hydrogens is 479 g/mol. The van der Waals surface area contributed by atoms with Crippen LogP contribution in [0.3, 0.4) is 0 Å². The molecule has 1 N–H and O–H groups in total. The number of amides is 1. The molecule has 0 spiro atoms. The van der Waals surface area contributed by atoms with Crippen LogP contribution in [-0.2, 0) is 23.0 Å². The minimum Gasteiger partial charge on any atom is -0.462 e. The molecule has 0 saturated carbocycles. The van der Waals surface area contributed by atoms with E-state index in [1.165, 1.54) is 23.1 Å². The molecule has 0 fully saturated rings. The largest absolute Gasteiger partial charge is 0.462 e. The fourth-order valence-corrected chi connectivity index (χ4v) is 4.91. The lowest BCUT2D eigenvalue weighted by Crippen LogP contribution is -2.16. The Morgan fingerprint density at radius 2 is 2.00 bits per heavy atom. The van der Waals surface area contributed by atoms with Crippen LogP contribution in [0.2, 0.25) is 10.0 Å². The monoisotopic (exact) mass is 498 g/mol. The van der Waals surface area contributed by atoms with Crippen LogP contribution < -0.4 is 5.32 Å². The molecule has 3 rings (SSSR count). The van der Waals surface area contributed by atoms with E-state index in [4.69, 9.17) is 27.9 Å². The summed E-state index contributed by atoms with van der Waals surface area (Å²) in [7, 11) is 1.80. The molecule has 2 heterocycles. The fourth-order valence-electron chi connectivity index (χ4n) is 2.71. The van der Waals surface area contributed by atoms with Crippen LogP contribution >= 0.6 is 46.3 Å². The van der Waals surface area contributed by atoms with Crippen LogP contribution in [0.5, 0.6) is 0 Å². The van der Waals surface area contributed by atoms with E-state index < -0.39 is 5.97 Å². The molecule has 3 aromatic rings. The van der Waals surface area contributed by atoms with Gasteiger partial charge in [0.25, 0.3) is 0 Å². The minimum absolute atomic E-state index is 0.0992. The molecule has 164 valence electrons. The van der Waals surface area contributed by atoms with Crippen molar-refractivity contribution >= 4 is 63.2 Å². The van der Waals surface area contributed by atoms with Gasteiger partial charge in [-0.3, -0.25) is 4.79 Å². The lowest BCUT2D eigenvalue weighted by Gasteiger charge is -2.07. The third kappa shape index (κ3) is 5.60. The number of halogens is 2. The Kier molecular flexibility index (Phi) is 7.99. The van der Waals surface area contributed by atoms with Gasteiger partial charge in [-0.1, -0.05) is 41.9 Å². The summed E-state index contributed by atoms with van der Waals surface area (Å²) < 4.78 is 6.85. The first-order chi connectivity index (χ1) is 14.8. The number of aromatic nitrogens is 3. The third-order valence-electron chi connectivity index (χ3n) is 4.22. The number of hydrogen-bond acceptors (Lipinski definition) is 7. The molecule has 0 bridgehead atoms. The second-order valence-electron chi connectivity index (χ2n) is 6.36. The average Bonchev–Trinajstić information content (AvgIpc) is 3.30. The normalized spacial score (nSPS) is 10.9. The topological polar surface area (TPSA) is 86.1 Å². The summed E-state index contributed by atoms with van der Waals surface area (Å²) in [6.07, 6.45) is 0.761. The van der Waals surface area contributed by atoms with Gasteiger partial charge in [0.05, 0.1) is 22.9 Å². The number of carbonyl (C=O) groups is 2. The number of benzene rings is 1. The zero-order chi connectivity index (χ0) is 22.5. The highest BCUT2D eigenvalue weighted by Crippen LogP contribution is 2.32. The Labute approximate surface area is 198 Å². The van der Waals surface area contributed by atoms with Crippen LogP contribution in [0.1, 0.15) is 29.1 Å². The van der Waals surface area contributed by atoms with Gasteiger partial charge >= 0.3 is 5.97 Å². The highest BCUT2D eigenvalue weighted by molar-refractivity contribution is 7.99. The van der Waals surface area contributed by atoms with Gasteiger partial charge in [-0.25, -0.2) is 4.79 Å². The van der Waals surface area contributed by atoms with Gasteiger partial charge in [-0.15, -0.1) is 21.5 Å². The summed E-state index contributed by atoms with van der Waals surface area (Å²) in [5.41, 5.74) is 1.07. The quantitative estimate of drug-likeness (QED) is 0.334. The van der Waals surface area contributed by atoms with E-state index in [1.807, 2.05) is 6.92 Å². The molecular formula is C20H20Cl2N4O3S2. The Bertz CT molecular complexity index is 1110. The number of nitrogens with zero attached hydrogens (tertiary/aromatic N) is 3. The van der Waals surface area contributed by atoms with Crippen molar-refractivity contribution in [1.29, 1.82) is 0 Å².